The number of benzene rings is 2. The maximum Gasteiger partial charge on any atom is 0.416 e. The number of rotatable bonds is 4. The van der Waals surface area contributed by atoms with Crippen molar-refractivity contribution in [2.24, 2.45) is 0 Å². The molecule has 1 aliphatic rings. The molecule has 2 aromatic carbocycles. The third kappa shape index (κ3) is 4.79. The van der Waals surface area contributed by atoms with Crippen LogP contribution in [0.15, 0.2) is 36.4 Å². The van der Waals surface area contributed by atoms with Crippen molar-refractivity contribution in [2.45, 2.75) is 25.4 Å². The molecule has 154 valence electrons. The van der Waals surface area contributed by atoms with E-state index in [-0.39, 0.29) is 22.0 Å². The number of anilines is 2. The first-order chi connectivity index (χ1) is 13.7. The van der Waals surface area contributed by atoms with Crippen molar-refractivity contribution < 1.29 is 22.9 Å². The summed E-state index contributed by atoms with van der Waals surface area (Å²) in [5.74, 6) is -0.792. The van der Waals surface area contributed by atoms with E-state index in [0.717, 1.165) is 43.5 Å². The molecule has 6 nitrogen and oxygen atoms in total. The number of piperidine rings is 1. The molecule has 1 amide bonds. The lowest BCUT2D eigenvalue weighted by Crippen LogP contribution is -2.30. The van der Waals surface area contributed by atoms with E-state index in [0.29, 0.717) is 18.8 Å². The fourth-order valence-electron chi connectivity index (χ4n) is 3.21. The molecule has 10 heteroatoms. The summed E-state index contributed by atoms with van der Waals surface area (Å²) in [4.78, 5) is 25.3. The molecule has 0 spiro atoms. The molecule has 2 aromatic rings. The molecule has 0 aromatic heterocycles. The van der Waals surface area contributed by atoms with Gasteiger partial charge in [-0.25, -0.2) is 0 Å². The lowest BCUT2D eigenvalue weighted by atomic mass is 10.1. The summed E-state index contributed by atoms with van der Waals surface area (Å²) >= 11 is 5.89. The Labute approximate surface area is 169 Å². The highest BCUT2D eigenvalue weighted by atomic mass is 35.5. The van der Waals surface area contributed by atoms with Gasteiger partial charge >= 0.3 is 6.18 Å². The molecular formula is C19H17ClF3N3O3. The molecule has 0 radical (unpaired) electrons. The van der Waals surface area contributed by atoms with Crippen molar-refractivity contribution in [1.29, 1.82) is 0 Å². The fourth-order valence-corrected chi connectivity index (χ4v) is 3.37. The van der Waals surface area contributed by atoms with Crippen LogP contribution in [0.4, 0.5) is 30.2 Å². The number of halogens is 4. The van der Waals surface area contributed by atoms with Gasteiger partial charge in [0.25, 0.3) is 11.6 Å². The maximum atomic E-state index is 12.9. The van der Waals surface area contributed by atoms with E-state index in [2.05, 4.69) is 5.32 Å². The first-order valence-electron chi connectivity index (χ1n) is 8.88. The van der Waals surface area contributed by atoms with E-state index in [1.54, 1.807) is 0 Å². The van der Waals surface area contributed by atoms with Gasteiger partial charge in [0.1, 0.15) is 5.69 Å². The van der Waals surface area contributed by atoms with Gasteiger partial charge in [-0.15, -0.1) is 0 Å². The fraction of sp³-hybridized carbons (Fsp3) is 0.316. The van der Waals surface area contributed by atoms with E-state index in [1.165, 1.54) is 12.1 Å². The number of nitro groups is 1. The monoisotopic (exact) mass is 427 g/mol. The molecule has 1 saturated heterocycles. The third-order valence-corrected chi connectivity index (χ3v) is 5.00. The van der Waals surface area contributed by atoms with Gasteiger partial charge in [0, 0.05) is 24.7 Å². The van der Waals surface area contributed by atoms with E-state index < -0.39 is 22.6 Å². The molecule has 0 bridgehead atoms. The summed E-state index contributed by atoms with van der Waals surface area (Å²) in [6, 6.07) is 6.58. The highest BCUT2D eigenvalue weighted by Crippen LogP contribution is 2.35. The molecule has 1 heterocycles. The highest BCUT2D eigenvalue weighted by Gasteiger charge is 2.31. The molecule has 1 fully saturated rings. The van der Waals surface area contributed by atoms with Crippen molar-refractivity contribution in [3.05, 3.63) is 62.7 Å². The molecule has 1 N–H and O–H groups in total. The summed E-state index contributed by atoms with van der Waals surface area (Å²) in [5, 5.41) is 13.7. The van der Waals surface area contributed by atoms with Gasteiger partial charge in [-0.2, -0.15) is 13.2 Å². The SMILES string of the molecule is O=C(Nc1cc(C(F)(F)F)ccc1Cl)c1ccc(N2CCCCC2)c([N+](=O)[O-])c1. The minimum absolute atomic E-state index is 0.0501. The molecule has 0 atom stereocenters. The standard InChI is InChI=1S/C19H17ClF3N3O3/c20-14-6-5-13(19(21,22)23)11-15(14)24-18(27)12-4-7-16(17(10-12)26(28)29)25-8-2-1-3-9-25/h4-7,10-11H,1-3,8-9H2,(H,24,27). The zero-order valence-electron chi connectivity index (χ0n) is 15.1. The number of carbonyl (C=O) groups is 1. The molecule has 0 aliphatic carbocycles. The second-order valence-electron chi connectivity index (χ2n) is 6.65. The quantitative estimate of drug-likeness (QED) is 0.515. The zero-order valence-corrected chi connectivity index (χ0v) is 15.9. The average molecular weight is 428 g/mol. The molecule has 1 aliphatic heterocycles. The normalized spacial score (nSPS) is 14.6. The number of nitro benzene ring substituents is 1. The van der Waals surface area contributed by atoms with Crippen LogP contribution in [0.5, 0.6) is 0 Å². The largest absolute Gasteiger partial charge is 0.416 e. The predicted molar refractivity (Wildman–Crippen MR) is 104 cm³/mol. The van der Waals surface area contributed by atoms with Gasteiger partial charge in [-0.05, 0) is 49.6 Å². The molecule has 0 saturated carbocycles. The second-order valence-corrected chi connectivity index (χ2v) is 7.06. The average Bonchev–Trinajstić information content (AvgIpc) is 2.69. The Balaban J connectivity index is 1.88. The van der Waals surface area contributed by atoms with Crippen LogP contribution in [0.2, 0.25) is 5.02 Å². The van der Waals surface area contributed by atoms with Crippen LogP contribution in [0.1, 0.15) is 35.2 Å². The number of carbonyl (C=O) groups excluding carboxylic acids is 1. The van der Waals surface area contributed by atoms with Gasteiger partial charge in [0.15, 0.2) is 0 Å². The molecule has 29 heavy (non-hydrogen) atoms. The summed E-state index contributed by atoms with van der Waals surface area (Å²) in [5.41, 5.74) is -1.05. The van der Waals surface area contributed by atoms with Crippen LogP contribution in [-0.2, 0) is 6.18 Å². The first-order valence-corrected chi connectivity index (χ1v) is 9.26. The Morgan fingerprint density at radius 3 is 2.41 bits per heavy atom. The minimum atomic E-state index is -4.60. The number of amides is 1. The summed E-state index contributed by atoms with van der Waals surface area (Å²) in [7, 11) is 0. The molecule has 0 unspecified atom stereocenters. The number of alkyl halides is 3. The second kappa shape index (κ2) is 8.28. The maximum absolute atomic E-state index is 12.9. The molecular weight excluding hydrogens is 411 g/mol. The van der Waals surface area contributed by atoms with Gasteiger partial charge in [0.05, 0.1) is 21.2 Å². The summed E-state index contributed by atoms with van der Waals surface area (Å²) in [6.07, 6.45) is -1.69. The van der Waals surface area contributed by atoms with Crippen LogP contribution in [0.25, 0.3) is 0 Å². The van der Waals surface area contributed by atoms with Gasteiger partial charge in [0.2, 0.25) is 0 Å². The van der Waals surface area contributed by atoms with E-state index in [1.807, 2.05) is 4.90 Å². The topological polar surface area (TPSA) is 75.5 Å². The van der Waals surface area contributed by atoms with Crippen LogP contribution in [0.3, 0.4) is 0 Å². The van der Waals surface area contributed by atoms with Crippen molar-refractivity contribution in [2.75, 3.05) is 23.3 Å². The summed E-state index contributed by atoms with van der Waals surface area (Å²) in [6.45, 7) is 1.37. The van der Waals surface area contributed by atoms with Crippen LogP contribution >= 0.6 is 11.6 Å². The lowest BCUT2D eigenvalue weighted by molar-refractivity contribution is -0.384. The third-order valence-electron chi connectivity index (χ3n) is 4.67. The number of nitrogens with one attached hydrogen (secondary N) is 1. The predicted octanol–water partition coefficient (Wildman–Crippen LogP) is 5.51. The number of hydrogen-bond acceptors (Lipinski definition) is 4. The van der Waals surface area contributed by atoms with Crippen molar-refractivity contribution in [3.8, 4) is 0 Å². The first kappa shape index (κ1) is 20.9. The summed E-state index contributed by atoms with van der Waals surface area (Å²) < 4.78 is 38.7. The van der Waals surface area contributed by atoms with Crippen LogP contribution in [-0.4, -0.2) is 23.9 Å². The Hall–Kier alpha value is -2.81. The lowest BCUT2D eigenvalue weighted by Gasteiger charge is -2.28. The number of nitrogens with zero attached hydrogens (tertiary/aromatic N) is 2. The Morgan fingerprint density at radius 2 is 1.79 bits per heavy atom. The van der Waals surface area contributed by atoms with Gasteiger partial charge in [-0.1, -0.05) is 11.6 Å². The minimum Gasteiger partial charge on any atom is -0.366 e. The van der Waals surface area contributed by atoms with Crippen molar-refractivity contribution in [3.63, 3.8) is 0 Å². The van der Waals surface area contributed by atoms with Crippen LogP contribution in [0, 0.1) is 10.1 Å². The Kier molecular flexibility index (Phi) is 5.97. The highest BCUT2D eigenvalue weighted by molar-refractivity contribution is 6.34. The van der Waals surface area contributed by atoms with Gasteiger partial charge < -0.3 is 10.2 Å². The van der Waals surface area contributed by atoms with Gasteiger partial charge in [-0.3, -0.25) is 14.9 Å². The number of hydrogen-bond donors (Lipinski definition) is 1. The van der Waals surface area contributed by atoms with Crippen LogP contribution < -0.4 is 10.2 Å². The zero-order chi connectivity index (χ0) is 21.2. The van der Waals surface area contributed by atoms with E-state index >= 15 is 0 Å². The van der Waals surface area contributed by atoms with Crippen molar-refractivity contribution >= 4 is 34.6 Å². The Bertz CT molecular complexity index is 944. The van der Waals surface area contributed by atoms with Crippen molar-refractivity contribution in [1.82, 2.24) is 0 Å². The van der Waals surface area contributed by atoms with E-state index in [9.17, 15) is 28.1 Å². The van der Waals surface area contributed by atoms with E-state index in [4.69, 9.17) is 11.6 Å². The Morgan fingerprint density at radius 1 is 1.10 bits per heavy atom. The molecule has 3 rings (SSSR count). The smallest absolute Gasteiger partial charge is 0.366 e.